The quantitative estimate of drug-likeness (QED) is 0.218. The van der Waals surface area contributed by atoms with Crippen molar-refractivity contribution in [2.24, 2.45) is 16.3 Å². The molecule has 2 aromatic carbocycles. The maximum Gasteiger partial charge on any atom is 0.259 e. The van der Waals surface area contributed by atoms with Crippen molar-refractivity contribution in [1.82, 2.24) is 0 Å². The van der Waals surface area contributed by atoms with Crippen LogP contribution in [0.2, 0.25) is 0 Å². The number of hydrogen-bond acceptors (Lipinski definition) is 4. The van der Waals surface area contributed by atoms with Crippen LogP contribution in [0.25, 0.3) is 0 Å². The van der Waals surface area contributed by atoms with E-state index in [1.807, 2.05) is 42.5 Å². The van der Waals surface area contributed by atoms with Gasteiger partial charge in [0.05, 0.1) is 9.13 Å². The topological polar surface area (TPSA) is 61.7 Å². The monoisotopic (exact) mass is 684 g/mol. The highest BCUT2D eigenvalue weighted by atomic mass is 127. The van der Waals surface area contributed by atoms with Crippen molar-refractivity contribution in [3.63, 3.8) is 0 Å². The molecule has 1 heterocycles. The molecule has 33 heavy (non-hydrogen) atoms. The number of halogens is 2. The van der Waals surface area contributed by atoms with Crippen LogP contribution in [0.3, 0.4) is 0 Å². The first-order chi connectivity index (χ1) is 15.6. The first-order valence-electron chi connectivity index (χ1n) is 10.9. The molecule has 1 atom stereocenters. The van der Waals surface area contributed by atoms with Crippen LogP contribution in [0.4, 0.5) is 10.7 Å². The van der Waals surface area contributed by atoms with E-state index in [4.69, 9.17) is 4.99 Å². The smallest absolute Gasteiger partial charge is 0.259 e. The minimum absolute atomic E-state index is 0.124. The number of hydrogen-bond donors (Lipinski definition) is 2. The molecule has 0 saturated carbocycles. The van der Waals surface area contributed by atoms with Crippen molar-refractivity contribution in [2.45, 2.75) is 40.0 Å². The minimum atomic E-state index is -0.124. The van der Waals surface area contributed by atoms with Crippen molar-refractivity contribution >= 4 is 79.3 Å². The number of phenolic OH excluding ortho intramolecular Hbond substituents is 1. The predicted molar refractivity (Wildman–Crippen MR) is 154 cm³/mol. The molecule has 172 valence electrons. The van der Waals surface area contributed by atoms with Crippen LogP contribution in [0, 0.1) is 18.5 Å². The zero-order valence-electron chi connectivity index (χ0n) is 18.8. The summed E-state index contributed by atoms with van der Waals surface area (Å²) in [6.45, 7) is 6.87. The number of para-hydroxylation sites is 1. The van der Waals surface area contributed by atoms with Crippen molar-refractivity contribution in [3.05, 3.63) is 71.2 Å². The van der Waals surface area contributed by atoms with E-state index >= 15 is 0 Å². The molecule has 0 spiro atoms. The van der Waals surface area contributed by atoms with Gasteiger partial charge >= 0.3 is 0 Å². The van der Waals surface area contributed by atoms with Crippen LogP contribution in [0.15, 0.2) is 47.5 Å². The molecule has 0 saturated heterocycles. The highest BCUT2D eigenvalue weighted by Gasteiger charge is 2.33. The van der Waals surface area contributed by atoms with Gasteiger partial charge in [-0.25, -0.2) is 4.99 Å². The van der Waals surface area contributed by atoms with E-state index in [0.717, 1.165) is 37.7 Å². The number of nitrogens with zero attached hydrogens (tertiary/aromatic N) is 1. The Morgan fingerprint density at radius 3 is 2.64 bits per heavy atom. The summed E-state index contributed by atoms with van der Waals surface area (Å²) in [5, 5.41) is 14.2. The number of fused-ring (bicyclic) bond motifs is 1. The molecule has 0 aliphatic heterocycles. The molecule has 1 aromatic heterocycles. The van der Waals surface area contributed by atoms with E-state index in [9.17, 15) is 9.90 Å². The molecular weight excluding hydrogens is 658 g/mol. The van der Waals surface area contributed by atoms with Gasteiger partial charge in [0.25, 0.3) is 5.91 Å². The van der Waals surface area contributed by atoms with Gasteiger partial charge in [-0.1, -0.05) is 39.0 Å². The van der Waals surface area contributed by atoms with Crippen LogP contribution in [-0.4, -0.2) is 17.2 Å². The Kier molecular flexibility index (Phi) is 7.50. The third kappa shape index (κ3) is 5.62. The Morgan fingerprint density at radius 1 is 1.21 bits per heavy atom. The lowest BCUT2D eigenvalue weighted by atomic mass is 9.72. The van der Waals surface area contributed by atoms with E-state index < -0.39 is 0 Å². The Labute approximate surface area is 226 Å². The number of phenols is 1. The molecular formula is C26H26I2N2O2S. The summed E-state index contributed by atoms with van der Waals surface area (Å²) >= 11 is 5.96. The van der Waals surface area contributed by atoms with E-state index in [1.54, 1.807) is 17.6 Å². The van der Waals surface area contributed by atoms with Gasteiger partial charge in [0, 0.05) is 25.9 Å². The number of rotatable bonds is 4. The average molecular weight is 684 g/mol. The van der Waals surface area contributed by atoms with Gasteiger partial charge in [0.2, 0.25) is 0 Å². The molecule has 0 bridgehead atoms. The maximum absolute atomic E-state index is 13.4. The number of carbonyl (C=O) groups excluding carboxylic acids is 1. The molecule has 1 aliphatic rings. The number of benzene rings is 2. The number of thiophene rings is 1. The summed E-state index contributed by atoms with van der Waals surface area (Å²) in [5.41, 5.74) is 3.44. The summed E-state index contributed by atoms with van der Waals surface area (Å²) in [4.78, 5) is 19.4. The van der Waals surface area contributed by atoms with E-state index in [1.165, 1.54) is 4.88 Å². The van der Waals surface area contributed by atoms with Gasteiger partial charge < -0.3 is 10.4 Å². The molecule has 0 unspecified atom stereocenters. The van der Waals surface area contributed by atoms with Crippen molar-refractivity contribution < 1.29 is 9.90 Å². The zero-order valence-corrected chi connectivity index (χ0v) is 23.9. The SMILES string of the molecule is CC(C)(C)[C@H]1CCc2c(sc(N=Cc3cc(I)cc(I)c3O)c2C(=O)Nc2ccccc2)C1. The first-order valence-corrected chi connectivity index (χ1v) is 13.8. The second-order valence-electron chi connectivity index (χ2n) is 9.39. The van der Waals surface area contributed by atoms with Gasteiger partial charge in [-0.05, 0) is 106 Å². The van der Waals surface area contributed by atoms with Gasteiger partial charge in [-0.2, -0.15) is 0 Å². The van der Waals surface area contributed by atoms with Crippen LogP contribution in [0.1, 0.15) is 53.6 Å². The van der Waals surface area contributed by atoms with Gasteiger partial charge in [0.15, 0.2) is 0 Å². The number of aliphatic imine (C=N–C) groups is 1. The lowest BCUT2D eigenvalue weighted by Crippen LogP contribution is -2.27. The first kappa shape index (κ1) is 24.7. The standard InChI is InChI=1S/C26H26I2N2O2S/c1-26(2,3)16-9-10-19-21(12-16)33-25(22(19)24(32)30-18-7-5-4-6-8-18)29-14-15-11-17(27)13-20(28)23(15)31/h4-8,11,13-14,16,31H,9-10,12H2,1-3H3,(H,30,32)/t16-/m0/s1. The van der Waals surface area contributed by atoms with Crippen molar-refractivity contribution in [3.8, 4) is 5.75 Å². The fourth-order valence-electron chi connectivity index (χ4n) is 4.16. The molecule has 0 radical (unpaired) electrons. The third-order valence-electron chi connectivity index (χ3n) is 6.11. The molecule has 2 N–H and O–H groups in total. The van der Waals surface area contributed by atoms with E-state index in [2.05, 4.69) is 71.3 Å². The van der Waals surface area contributed by atoms with E-state index in [-0.39, 0.29) is 17.1 Å². The zero-order chi connectivity index (χ0) is 23.8. The molecule has 7 heteroatoms. The molecule has 4 nitrogen and oxygen atoms in total. The Hall–Kier alpha value is -1.46. The Bertz CT molecular complexity index is 1210. The van der Waals surface area contributed by atoms with Gasteiger partial charge in [0.1, 0.15) is 10.8 Å². The van der Waals surface area contributed by atoms with Crippen LogP contribution in [0.5, 0.6) is 5.75 Å². The maximum atomic E-state index is 13.4. The largest absolute Gasteiger partial charge is 0.506 e. The van der Waals surface area contributed by atoms with Crippen molar-refractivity contribution in [1.29, 1.82) is 0 Å². The molecule has 1 aliphatic carbocycles. The number of nitrogens with one attached hydrogen (secondary N) is 1. The third-order valence-corrected chi connectivity index (χ3v) is 8.72. The summed E-state index contributed by atoms with van der Waals surface area (Å²) in [5.74, 6) is 0.664. The summed E-state index contributed by atoms with van der Waals surface area (Å²) in [6, 6.07) is 13.3. The molecule has 3 aromatic rings. The average Bonchev–Trinajstić information content (AvgIpc) is 3.13. The highest BCUT2D eigenvalue weighted by molar-refractivity contribution is 14.1. The summed E-state index contributed by atoms with van der Waals surface area (Å²) < 4.78 is 1.80. The van der Waals surface area contributed by atoms with E-state index in [0.29, 0.717) is 22.0 Å². The van der Waals surface area contributed by atoms with Gasteiger partial charge in [-0.3, -0.25) is 4.79 Å². The molecule has 4 rings (SSSR count). The van der Waals surface area contributed by atoms with Crippen LogP contribution in [-0.2, 0) is 12.8 Å². The number of carbonyl (C=O) groups is 1. The Balaban J connectivity index is 1.74. The number of amides is 1. The number of aromatic hydroxyl groups is 1. The normalized spacial score (nSPS) is 16.1. The van der Waals surface area contributed by atoms with Crippen LogP contribution >= 0.6 is 56.5 Å². The van der Waals surface area contributed by atoms with Crippen molar-refractivity contribution in [2.75, 3.05) is 5.32 Å². The minimum Gasteiger partial charge on any atom is -0.506 e. The molecule has 1 amide bonds. The lowest BCUT2D eigenvalue weighted by Gasteiger charge is -2.33. The highest BCUT2D eigenvalue weighted by Crippen LogP contribution is 2.45. The lowest BCUT2D eigenvalue weighted by molar-refractivity contribution is 0.102. The summed E-state index contributed by atoms with van der Waals surface area (Å²) in [6.07, 6.45) is 4.60. The van der Waals surface area contributed by atoms with Gasteiger partial charge in [-0.15, -0.1) is 11.3 Å². The second-order valence-corrected chi connectivity index (χ2v) is 12.9. The number of anilines is 1. The predicted octanol–water partition coefficient (Wildman–Crippen LogP) is 7.82. The summed E-state index contributed by atoms with van der Waals surface area (Å²) in [7, 11) is 0. The second kappa shape index (κ2) is 10.0. The molecule has 0 fully saturated rings. The van der Waals surface area contributed by atoms with Crippen LogP contribution < -0.4 is 5.32 Å². The Morgan fingerprint density at radius 2 is 1.94 bits per heavy atom. The fraction of sp³-hybridized carbons (Fsp3) is 0.308. The fourth-order valence-corrected chi connectivity index (χ4v) is 7.32.